The summed E-state index contributed by atoms with van der Waals surface area (Å²) >= 11 is 0. The van der Waals surface area contributed by atoms with Crippen LogP contribution in [-0.4, -0.2) is 23.0 Å². The summed E-state index contributed by atoms with van der Waals surface area (Å²) in [4.78, 5) is 20.4. The van der Waals surface area contributed by atoms with Gasteiger partial charge in [0, 0.05) is 7.05 Å². The Morgan fingerprint density at radius 1 is 1.70 bits per heavy atom. The standard InChI is InChI=1S/C5H9N2O3/c1-7-5(10)3(6)2-4(8)9/h3H,1-2,6H2,(H,7,10)(H,8,9). The number of aliphatic carboxylic acids is 1. The van der Waals surface area contributed by atoms with Crippen LogP contribution in [-0.2, 0) is 9.59 Å². The number of carbonyl (C=O) groups excluding carboxylic acids is 1. The van der Waals surface area contributed by atoms with E-state index in [1.165, 1.54) is 0 Å². The van der Waals surface area contributed by atoms with Crippen LogP contribution in [0.4, 0.5) is 0 Å². The van der Waals surface area contributed by atoms with Gasteiger partial charge in [0.15, 0.2) is 0 Å². The Hall–Kier alpha value is -1.10. The molecule has 0 aromatic carbocycles. The second kappa shape index (κ2) is 3.84. The molecule has 0 fully saturated rings. The van der Waals surface area contributed by atoms with Gasteiger partial charge >= 0.3 is 5.97 Å². The van der Waals surface area contributed by atoms with Gasteiger partial charge in [-0.2, -0.15) is 0 Å². The van der Waals surface area contributed by atoms with Crippen LogP contribution in [0.3, 0.4) is 0 Å². The van der Waals surface area contributed by atoms with E-state index in [-0.39, 0.29) is 6.42 Å². The second-order valence-electron chi connectivity index (χ2n) is 1.75. The van der Waals surface area contributed by atoms with Crippen molar-refractivity contribution in [2.75, 3.05) is 0 Å². The van der Waals surface area contributed by atoms with E-state index in [0.29, 0.717) is 0 Å². The summed E-state index contributed by atoms with van der Waals surface area (Å²) in [6.07, 6.45) is -0.374. The summed E-state index contributed by atoms with van der Waals surface area (Å²) in [5.74, 6) is -1.67. The number of nitrogens with two attached hydrogens (primary N) is 1. The summed E-state index contributed by atoms with van der Waals surface area (Å²) in [7, 11) is 3.04. The number of carbonyl (C=O) groups is 2. The Morgan fingerprint density at radius 2 is 2.20 bits per heavy atom. The number of carboxylic acids is 1. The number of hydrogen-bond acceptors (Lipinski definition) is 3. The Morgan fingerprint density at radius 3 is 2.50 bits per heavy atom. The minimum atomic E-state index is -1.10. The Balaban J connectivity index is 3.72. The van der Waals surface area contributed by atoms with Crippen molar-refractivity contribution in [3.8, 4) is 0 Å². The highest BCUT2D eigenvalue weighted by Gasteiger charge is 2.14. The van der Waals surface area contributed by atoms with Crippen LogP contribution < -0.4 is 11.1 Å². The SMILES string of the molecule is [CH2]NC(=O)C(N)CC(=O)O. The van der Waals surface area contributed by atoms with Crippen molar-refractivity contribution in [3.63, 3.8) is 0 Å². The van der Waals surface area contributed by atoms with Crippen LogP contribution >= 0.6 is 0 Å². The molecule has 0 aromatic rings. The molecule has 0 aliphatic heterocycles. The predicted octanol–water partition coefficient (Wildman–Crippen LogP) is -1.30. The molecule has 1 unspecified atom stereocenters. The van der Waals surface area contributed by atoms with E-state index in [9.17, 15) is 9.59 Å². The molecule has 0 saturated carbocycles. The molecule has 57 valence electrons. The van der Waals surface area contributed by atoms with E-state index >= 15 is 0 Å². The van der Waals surface area contributed by atoms with Crippen LogP contribution in [0.5, 0.6) is 0 Å². The van der Waals surface area contributed by atoms with Gasteiger partial charge in [-0.25, -0.2) is 0 Å². The van der Waals surface area contributed by atoms with Crippen molar-refractivity contribution in [1.29, 1.82) is 0 Å². The van der Waals surface area contributed by atoms with Crippen LogP contribution in [0, 0.1) is 7.05 Å². The van der Waals surface area contributed by atoms with Gasteiger partial charge in [0.2, 0.25) is 5.91 Å². The summed E-state index contributed by atoms with van der Waals surface area (Å²) in [6, 6.07) is -1.00. The van der Waals surface area contributed by atoms with Gasteiger partial charge < -0.3 is 16.2 Å². The van der Waals surface area contributed by atoms with Crippen molar-refractivity contribution < 1.29 is 14.7 Å². The average Bonchev–Trinajstić information content (AvgIpc) is 1.85. The molecule has 0 spiro atoms. The highest BCUT2D eigenvalue weighted by molar-refractivity contribution is 5.85. The molecular weight excluding hydrogens is 136 g/mol. The molecule has 1 atom stereocenters. The van der Waals surface area contributed by atoms with Gasteiger partial charge in [-0.3, -0.25) is 9.59 Å². The van der Waals surface area contributed by atoms with Crippen molar-refractivity contribution in [2.45, 2.75) is 12.5 Å². The molecule has 0 aromatic heterocycles. The fourth-order valence-electron chi connectivity index (χ4n) is 0.412. The average molecular weight is 145 g/mol. The lowest BCUT2D eigenvalue weighted by atomic mass is 10.2. The highest BCUT2D eigenvalue weighted by atomic mass is 16.4. The van der Waals surface area contributed by atoms with Gasteiger partial charge in [0.05, 0.1) is 12.5 Å². The van der Waals surface area contributed by atoms with E-state index in [1.54, 1.807) is 0 Å². The number of rotatable bonds is 3. The molecule has 0 aliphatic rings. The van der Waals surface area contributed by atoms with Gasteiger partial charge in [-0.1, -0.05) is 0 Å². The smallest absolute Gasteiger partial charge is 0.305 e. The zero-order chi connectivity index (χ0) is 8.15. The first kappa shape index (κ1) is 8.90. The van der Waals surface area contributed by atoms with E-state index in [1.807, 2.05) is 5.32 Å². The first-order valence-electron chi connectivity index (χ1n) is 2.62. The third kappa shape index (κ3) is 3.03. The topological polar surface area (TPSA) is 92.4 Å². The minimum Gasteiger partial charge on any atom is -0.481 e. The molecule has 10 heavy (non-hydrogen) atoms. The molecule has 1 amide bonds. The third-order valence-corrected chi connectivity index (χ3v) is 0.906. The molecule has 0 saturated heterocycles. The van der Waals surface area contributed by atoms with Crippen LogP contribution in [0.2, 0.25) is 0 Å². The maximum atomic E-state index is 10.5. The Labute approximate surface area is 58.2 Å². The quantitative estimate of drug-likeness (QED) is 0.460. The Bertz CT molecular complexity index is 146. The molecule has 5 heteroatoms. The van der Waals surface area contributed by atoms with Gasteiger partial charge in [-0.15, -0.1) is 0 Å². The van der Waals surface area contributed by atoms with Gasteiger partial charge in [0.25, 0.3) is 0 Å². The molecule has 5 nitrogen and oxygen atoms in total. The molecule has 0 rings (SSSR count). The molecule has 0 heterocycles. The van der Waals surface area contributed by atoms with E-state index in [0.717, 1.165) is 0 Å². The molecule has 4 N–H and O–H groups in total. The summed E-state index contributed by atoms with van der Waals surface area (Å²) in [6.45, 7) is 0. The summed E-state index contributed by atoms with van der Waals surface area (Å²) < 4.78 is 0. The zero-order valence-corrected chi connectivity index (χ0v) is 5.33. The lowest BCUT2D eigenvalue weighted by Gasteiger charge is -2.04. The fraction of sp³-hybridized carbons (Fsp3) is 0.400. The van der Waals surface area contributed by atoms with Crippen LogP contribution in [0.1, 0.15) is 6.42 Å². The second-order valence-corrected chi connectivity index (χ2v) is 1.75. The third-order valence-electron chi connectivity index (χ3n) is 0.906. The number of carboxylic acid groups (broad SMARTS) is 1. The normalized spacial score (nSPS) is 12.2. The maximum Gasteiger partial charge on any atom is 0.305 e. The summed E-state index contributed by atoms with van der Waals surface area (Å²) in [5.41, 5.74) is 5.10. The number of amides is 1. The monoisotopic (exact) mass is 145 g/mol. The number of hydrogen-bond donors (Lipinski definition) is 3. The molecule has 1 radical (unpaired) electrons. The lowest BCUT2D eigenvalue weighted by molar-refractivity contribution is -0.139. The van der Waals surface area contributed by atoms with Crippen molar-refractivity contribution in [3.05, 3.63) is 7.05 Å². The van der Waals surface area contributed by atoms with Crippen molar-refractivity contribution >= 4 is 11.9 Å². The van der Waals surface area contributed by atoms with Crippen LogP contribution in [0.15, 0.2) is 0 Å². The van der Waals surface area contributed by atoms with E-state index in [4.69, 9.17) is 10.8 Å². The van der Waals surface area contributed by atoms with Crippen molar-refractivity contribution in [2.24, 2.45) is 5.73 Å². The molecular formula is C5H9N2O3. The van der Waals surface area contributed by atoms with Gasteiger partial charge in [-0.05, 0) is 0 Å². The zero-order valence-electron chi connectivity index (χ0n) is 5.33. The van der Waals surface area contributed by atoms with Gasteiger partial charge in [0.1, 0.15) is 0 Å². The number of nitrogens with one attached hydrogen (secondary N) is 1. The lowest BCUT2D eigenvalue weighted by Crippen LogP contribution is -2.39. The maximum absolute atomic E-state index is 10.5. The summed E-state index contributed by atoms with van der Waals surface area (Å²) in [5, 5.41) is 10.1. The predicted molar refractivity (Wildman–Crippen MR) is 33.7 cm³/mol. The fourth-order valence-corrected chi connectivity index (χ4v) is 0.412. The first-order valence-corrected chi connectivity index (χ1v) is 2.62. The van der Waals surface area contributed by atoms with Crippen molar-refractivity contribution in [1.82, 2.24) is 5.32 Å². The molecule has 0 aliphatic carbocycles. The minimum absolute atomic E-state index is 0.374. The Kier molecular flexibility index (Phi) is 3.42. The van der Waals surface area contributed by atoms with Crippen LogP contribution in [0.25, 0.3) is 0 Å². The van der Waals surface area contributed by atoms with E-state index in [2.05, 4.69) is 7.05 Å². The first-order chi connectivity index (χ1) is 4.57. The molecule has 0 bridgehead atoms. The van der Waals surface area contributed by atoms with E-state index < -0.39 is 17.9 Å². The highest BCUT2D eigenvalue weighted by Crippen LogP contribution is 1.86. The largest absolute Gasteiger partial charge is 0.481 e.